The molecule has 0 bridgehead atoms. The summed E-state index contributed by atoms with van der Waals surface area (Å²) in [6, 6.07) is 12.1. The van der Waals surface area contributed by atoms with Gasteiger partial charge in [0.2, 0.25) is 0 Å². The van der Waals surface area contributed by atoms with Crippen LogP contribution >= 0.6 is 11.3 Å². The Hall–Kier alpha value is -1.82. The van der Waals surface area contributed by atoms with Crippen LogP contribution in [-0.2, 0) is 6.42 Å². The van der Waals surface area contributed by atoms with Crippen molar-refractivity contribution in [3.8, 4) is 0 Å². The molecule has 3 aromatic rings. The average Bonchev–Trinajstić information content (AvgIpc) is 2.88. The van der Waals surface area contributed by atoms with E-state index >= 15 is 0 Å². The van der Waals surface area contributed by atoms with Crippen LogP contribution in [-0.4, -0.2) is 9.97 Å². The maximum absolute atomic E-state index is 5.70. The third kappa shape index (κ3) is 2.56. The molecular weight excluding hydrogens is 268 g/mol. The molecule has 0 fully saturated rings. The van der Waals surface area contributed by atoms with Gasteiger partial charge in [0.1, 0.15) is 0 Å². The van der Waals surface area contributed by atoms with Gasteiger partial charge in [0.05, 0.1) is 27.0 Å². The van der Waals surface area contributed by atoms with Crippen molar-refractivity contribution in [2.24, 2.45) is 5.84 Å². The monoisotopic (exact) mass is 284 g/mol. The van der Waals surface area contributed by atoms with Crippen molar-refractivity contribution in [3.63, 3.8) is 0 Å². The summed E-state index contributed by atoms with van der Waals surface area (Å²) in [5.74, 6) is 5.70. The van der Waals surface area contributed by atoms with Crippen molar-refractivity contribution in [1.29, 1.82) is 0 Å². The number of nitrogens with two attached hydrogens (primary N) is 1. The van der Waals surface area contributed by atoms with Crippen LogP contribution in [0.2, 0.25) is 0 Å². The zero-order valence-electron chi connectivity index (χ0n) is 11.2. The smallest absolute Gasteiger partial charge is 0.0958 e. The summed E-state index contributed by atoms with van der Waals surface area (Å²) in [4.78, 5) is 9.08. The van der Waals surface area contributed by atoms with Gasteiger partial charge in [-0.3, -0.25) is 16.3 Å². The number of aryl methyl sites for hydroxylation is 1. The molecule has 1 atom stereocenters. The fourth-order valence-electron chi connectivity index (χ4n) is 2.28. The lowest BCUT2D eigenvalue weighted by molar-refractivity contribution is 0.534. The molecule has 2 aromatic heterocycles. The van der Waals surface area contributed by atoms with Crippen molar-refractivity contribution in [3.05, 3.63) is 58.9 Å². The highest BCUT2D eigenvalue weighted by Crippen LogP contribution is 2.26. The molecular formula is C15H16N4S. The predicted molar refractivity (Wildman–Crippen MR) is 82.4 cm³/mol. The number of nitrogens with zero attached hydrogens (tertiary/aromatic N) is 2. The predicted octanol–water partition coefficient (Wildman–Crippen LogP) is 2.75. The maximum atomic E-state index is 5.70. The quantitative estimate of drug-likeness (QED) is 0.571. The van der Waals surface area contributed by atoms with Crippen LogP contribution in [0.1, 0.15) is 22.3 Å². The average molecular weight is 284 g/mol. The second-order valence-electron chi connectivity index (χ2n) is 4.70. The molecule has 0 spiro atoms. The Labute approximate surface area is 121 Å². The number of hydrazine groups is 1. The first kappa shape index (κ1) is 13.2. The van der Waals surface area contributed by atoms with E-state index in [2.05, 4.69) is 21.5 Å². The lowest BCUT2D eigenvalue weighted by Gasteiger charge is -2.15. The summed E-state index contributed by atoms with van der Waals surface area (Å²) in [6.45, 7) is 2.05. The highest BCUT2D eigenvalue weighted by Gasteiger charge is 2.16. The van der Waals surface area contributed by atoms with E-state index in [-0.39, 0.29) is 6.04 Å². The van der Waals surface area contributed by atoms with E-state index in [1.165, 1.54) is 4.70 Å². The number of pyridine rings is 1. The number of para-hydroxylation sites is 1. The fourth-order valence-corrected chi connectivity index (χ4v) is 3.29. The van der Waals surface area contributed by atoms with Crippen molar-refractivity contribution >= 4 is 21.6 Å². The first-order valence-corrected chi connectivity index (χ1v) is 7.31. The van der Waals surface area contributed by atoms with Crippen LogP contribution < -0.4 is 11.3 Å². The zero-order valence-corrected chi connectivity index (χ0v) is 12.0. The van der Waals surface area contributed by atoms with Crippen LogP contribution in [0.15, 0.2) is 42.6 Å². The molecule has 1 aromatic carbocycles. The minimum absolute atomic E-state index is 0.0169. The maximum Gasteiger partial charge on any atom is 0.0958 e. The molecule has 4 nitrogen and oxygen atoms in total. The summed E-state index contributed by atoms with van der Waals surface area (Å²) in [5, 5.41) is 1.07. The number of thiazole rings is 1. The topological polar surface area (TPSA) is 63.8 Å². The second kappa shape index (κ2) is 5.66. The summed E-state index contributed by atoms with van der Waals surface area (Å²) in [6.07, 6.45) is 2.54. The van der Waals surface area contributed by atoms with Gasteiger partial charge in [0.15, 0.2) is 0 Å². The number of aromatic nitrogens is 2. The molecule has 0 radical (unpaired) electrons. The Kier molecular flexibility index (Phi) is 3.73. The van der Waals surface area contributed by atoms with E-state index < -0.39 is 0 Å². The van der Waals surface area contributed by atoms with Crippen LogP contribution in [0.3, 0.4) is 0 Å². The van der Waals surface area contributed by atoms with Crippen LogP contribution in [0, 0.1) is 6.92 Å². The summed E-state index contributed by atoms with van der Waals surface area (Å²) >= 11 is 1.71. The Balaban J connectivity index is 1.90. The highest BCUT2D eigenvalue weighted by molar-refractivity contribution is 7.18. The van der Waals surface area contributed by atoms with Gasteiger partial charge < -0.3 is 0 Å². The Morgan fingerprint density at radius 3 is 2.85 bits per heavy atom. The third-order valence-corrected chi connectivity index (χ3v) is 4.36. The van der Waals surface area contributed by atoms with Crippen molar-refractivity contribution < 1.29 is 0 Å². The second-order valence-corrected chi connectivity index (χ2v) is 5.82. The lowest BCUT2D eigenvalue weighted by atomic mass is 10.1. The number of fused-ring (bicyclic) bond motifs is 1. The summed E-state index contributed by atoms with van der Waals surface area (Å²) in [7, 11) is 0. The molecule has 5 heteroatoms. The van der Waals surface area contributed by atoms with Gasteiger partial charge >= 0.3 is 0 Å². The Morgan fingerprint density at radius 1 is 1.25 bits per heavy atom. The number of nitrogens with one attached hydrogen (secondary N) is 1. The molecule has 3 rings (SSSR count). The van der Waals surface area contributed by atoms with Crippen LogP contribution in [0.25, 0.3) is 10.2 Å². The lowest BCUT2D eigenvalue weighted by Crippen LogP contribution is -2.30. The van der Waals surface area contributed by atoms with Crippen LogP contribution in [0.5, 0.6) is 0 Å². The SMILES string of the molecule is Cc1cccnc1C(Cc1nc2ccccc2s1)NN. The number of hydrogen-bond donors (Lipinski definition) is 2. The molecule has 0 aliphatic carbocycles. The van der Waals surface area contributed by atoms with E-state index in [0.29, 0.717) is 0 Å². The van der Waals surface area contributed by atoms with E-state index in [1.807, 2.05) is 37.3 Å². The van der Waals surface area contributed by atoms with Crippen molar-refractivity contribution in [1.82, 2.24) is 15.4 Å². The van der Waals surface area contributed by atoms with Gasteiger partial charge in [-0.1, -0.05) is 18.2 Å². The van der Waals surface area contributed by atoms with Gasteiger partial charge in [0, 0.05) is 12.6 Å². The minimum Gasteiger partial charge on any atom is -0.271 e. The normalized spacial score (nSPS) is 12.7. The van der Waals surface area contributed by atoms with E-state index in [9.17, 15) is 0 Å². The van der Waals surface area contributed by atoms with Crippen molar-refractivity contribution in [2.45, 2.75) is 19.4 Å². The molecule has 0 aliphatic heterocycles. The summed E-state index contributed by atoms with van der Waals surface area (Å²) < 4.78 is 1.20. The van der Waals surface area contributed by atoms with Crippen LogP contribution in [0.4, 0.5) is 0 Å². The highest BCUT2D eigenvalue weighted by atomic mass is 32.1. The van der Waals surface area contributed by atoms with Gasteiger partial charge in [0.25, 0.3) is 0 Å². The molecule has 0 saturated carbocycles. The molecule has 102 valence electrons. The third-order valence-electron chi connectivity index (χ3n) is 3.30. The van der Waals surface area contributed by atoms with Crippen molar-refractivity contribution in [2.75, 3.05) is 0 Å². The first-order valence-electron chi connectivity index (χ1n) is 6.50. The molecule has 0 aliphatic rings. The Morgan fingerprint density at radius 2 is 2.10 bits per heavy atom. The first-order chi connectivity index (χ1) is 9.78. The van der Waals surface area contributed by atoms with Gasteiger partial charge in [-0.05, 0) is 30.7 Å². The molecule has 3 N–H and O–H groups in total. The summed E-state index contributed by atoms with van der Waals surface area (Å²) in [5.41, 5.74) is 6.02. The van der Waals surface area contributed by atoms with E-state index in [4.69, 9.17) is 5.84 Å². The molecule has 1 unspecified atom stereocenters. The number of benzene rings is 1. The van der Waals surface area contributed by atoms with Gasteiger partial charge in [-0.25, -0.2) is 4.98 Å². The number of rotatable bonds is 4. The van der Waals surface area contributed by atoms with Gasteiger partial charge in [-0.15, -0.1) is 11.3 Å². The number of hydrogen-bond acceptors (Lipinski definition) is 5. The largest absolute Gasteiger partial charge is 0.271 e. The Bertz CT molecular complexity index is 689. The zero-order chi connectivity index (χ0) is 13.9. The van der Waals surface area contributed by atoms with E-state index in [1.54, 1.807) is 17.5 Å². The van der Waals surface area contributed by atoms with E-state index in [0.717, 1.165) is 28.2 Å². The molecule has 0 saturated heterocycles. The minimum atomic E-state index is -0.0169. The fraction of sp³-hybridized carbons (Fsp3) is 0.200. The molecule has 20 heavy (non-hydrogen) atoms. The standard InChI is InChI=1S/C15H16N4S/c1-10-5-4-8-17-15(10)12(19-16)9-14-18-11-6-2-3-7-13(11)20-14/h2-8,12,19H,9,16H2,1H3. The molecule has 0 amide bonds. The van der Waals surface area contributed by atoms with Gasteiger partial charge in [-0.2, -0.15) is 0 Å². The molecule has 2 heterocycles.